The molecule has 1 aromatic heterocycles. The Bertz CT molecular complexity index is 315. The maximum atomic E-state index is 3.81. The molecule has 80 valence electrons. The number of halogens is 2. The fourth-order valence-corrected chi connectivity index (χ4v) is 4.44. The van der Waals surface area contributed by atoms with Crippen LogP contribution in [-0.4, -0.2) is 0 Å². The van der Waals surface area contributed by atoms with Gasteiger partial charge in [-0.25, -0.2) is 0 Å². The zero-order valence-electron chi connectivity index (χ0n) is 9.03. The highest BCUT2D eigenvalue weighted by Crippen LogP contribution is 2.48. The number of aryl methyl sites for hydroxylation is 1. The molecule has 0 nitrogen and oxygen atoms in total. The van der Waals surface area contributed by atoms with Crippen LogP contribution in [0, 0.1) is 12.3 Å². The van der Waals surface area contributed by atoms with Crippen molar-refractivity contribution in [2.75, 3.05) is 0 Å². The fraction of sp³-hybridized carbons (Fsp3) is 0.636. The topological polar surface area (TPSA) is 0 Å². The molecule has 0 aliphatic rings. The van der Waals surface area contributed by atoms with E-state index in [0.29, 0.717) is 10.2 Å². The third-order valence-corrected chi connectivity index (χ3v) is 6.70. The molecule has 0 spiro atoms. The second-order valence-electron chi connectivity index (χ2n) is 4.27. The number of thiophene rings is 1. The molecule has 0 fully saturated rings. The summed E-state index contributed by atoms with van der Waals surface area (Å²) in [5, 5.41) is 0. The summed E-state index contributed by atoms with van der Waals surface area (Å²) in [6, 6.07) is 2.19. The van der Waals surface area contributed by atoms with Crippen LogP contribution in [0.3, 0.4) is 0 Å². The van der Waals surface area contributed by atoms with Gasteiger partial charge >= 0.3 is 0 Å². The van der Waals surface area contributed by atoms with Crippen molar-refractivity contribution in [2.45, 2.75) is 38.9 Å². The lowest BCUT2D eigenvalue weighted by molar-refractivity contribution is 0.348. The summed E-state index contributed by atoms with van der Waals surface area (Å²) in [7, 11) is 0. The van der Waals surface area contributed by atoms with E-state index in [0.717, 1.165) is 0 Å². The maximum Gasteiger partial charge on any atom is 0.0551 e. The molecule has 1 rings (SSSR count). The quantitative estimate of drug-likeness (QED) is 0.620. The molecule has 0 saturated carbocycles. The monoisotopic (exact) mass is 338 g/mol. The van der Waals surface area contributed by atoms with Gasteiger partial charge in [0.15, 0.2) is 0 Å². The third-order valence-electron chi connectivity index (χ3n) is 2.66. The van der Waals surface area contributed by atoms with Gasteiger partial charge in [-0.3, -0.25) is 0 Å². The normalized spacial score (nSPS) is 14.4. The molecule has 0 N–H and O–H groups in total. The number of rotatable bonds is 3. The molecule has 0 bridgehead atoms. The van der Waals surface area contributed by atoms with E-state index in [4.69, 9.17) is 0 Å². The van der Waals surface area contributed by atoms with Gasteiger partial charge in [-0.1, -0.05) is 36.7 Å². The van der Waals surface area contributed by atoms with Gasteiger partial charge in [0.25, 0.3) is 0 Å². The smallest absolute Gasteiger partial charge is 0.0551 e. The van der Waals surface area contributed by atoms with Gasteiger partial charge in [-0.2, -0.15) is 0 Å². The molecule has 1 unspecified atom stereocenters. The molecular weight excluding hydrogens is 324 g/mol. The van der Waals surface area contributed by atoms with Crippen LogP contribution >= 0.6 is 43.2 Å². The fourth-order valence-electron chi connectivity index (χ4n) is 1.21. The molecule has 1 heterocycles. The molecule has 3 heteroatoms. The van der Waals surface area contributed by atoms with E-state index in [1.165, 1.54) is 20.6 Å². The predicted molar refractivity (Wildman–Crippen MR) is 72.5 cm³/mol. The van der Waals surface area contributed by atoms with E-state index in [1.807, 2.05) is 11.3 Å². The standard InChI is InChI=1S/C11H16Br2S/c1-5-11(3,4)10(13)9-8(12)6-7(2)14-9/h6,10H,5H2,1-4H3. The Labute approximate surface area is 107 Å². The number of hydrogen-bond acceptors (Lipinski definition) is 1. The SMILES string of the molecule is CCC(C)(C)C(Br)c1sc(C)cc1Br. The van der Waals surface area contributed by atoms with Crippen LogP contribution in [0.2, 0.25) is 0 Å². The average Bonchev–Trinajstić information content (AvgIpc) is 2.44. The molecule has 0 saturated heterocycles. The Morgan fingerprint density at radius 2 is 2.07 bits per heavy atom. The van der Waals surface area contributed by atoms with Crippen LogP contribution in [0.25, 0.3) is 0 Å². The minimum absolute atomic E-state index is 0.305. The predicted octanol–water partition coefficient (Wildman–Crippen LogP) is 5.69. The summed E-state index contributed by atoms with van der Waals surface area (Å²) in [6.07, 6.45) is 1.17. The first-order valence-electron chi connectivity index (χ1n) is 4.78. The molecule has 1 atom stereocenters. The van der Waals surface area contributed by atoms with Crippen molar-refractivity contribution in [1.29, 1.82) is 0 Å². The van der Waals surface area contributed by atoms with Crippen molar-refractivity contribution < 1.29 is 0 Å². The van der Waals surface area contributed by atoms with Gasteiger partial charge in [-0.15, -0.1) is 11.3 Å². The third kappa shape index (κ3) is 2.61. The lowest BCUT2D eigenvalue weighted by Crippen LogP contribution is -2.15. The van der Waals surface area contributed by atoms with E-state index >= 15 is 0 Å². The van der Waals surface area contributed by atoms with Crippen LogP contribution < -0.4 is 0 Å². The van der Waals surface area contributed by atoms with E-state index in [-0.39, 0.29) is 0 Å². The minimum atomic E-state index is 0.305. The Morgan fingerprint density at radius 1 is 1.50 bits per heavy atom. The zero-order valence-corrected chi connectivity index (χ0v) is 13.0. The van der Waals surface area contributed by atoms with Gasteiger partial charge < -0.3 is 0 Å². The van der Waals surface area contributed by atoms with Gasteiger partial charge in [0.1, 0.15) is 0 Å². The molecule has 0 aromatic carbocycles. The highest BCUT2D eigenvalue weighted by Gasteiger charge is 2.29. The Hall–Kier alpha value is 0.660. The average molecular weight is 340 g/mol. The summed E-state index contributed by atoms with van der Waals surface area (Å²) in [4.78, 5) is 3.21. The van der Waals surface area contributed by atoms with Gasteiger partial charge in [0.05, 0.1) is 4.83 Å². The first-order valence-corrected chi connectivity index (χ1v) is 7.31. The second-order valence-corrected chi connectivity index (χ2v) is 7.33. The van der Waals surface area contributed by atoms with Crippen LogP contribution in [-0.2, 0) is 0 Å². The van der Waals surface area contributed by atoms with E-state index in [9.17, 15) is 0 Å². The van der Waals surface area contributed by atoms with E-state index in [1.54, 1.807) is 0 Å². The molecule has 0 amide bonds. The van der Waals surface area contributed by atoms with Crippen molar-refractivity contribution in [3.8, 4) is 0 Å². The maximum absolute atomic E-state index is 3.81. The van der Waals surface area contributed by atoms with Gasteiger partial charge in [-0.05, 0) is 40.8 Å². The Balaban J connectivity index is 3.00. The zero-order chi connectivity index (χ0) is 10.9. The first-order chi connectivity index (χ1) is 6.38. The van der Waals surface area contributed by atoms with Crippen LogP contribution in [0.4, 0.5) is 0 Å². The molecule has 0 aliphatic carbocycles. The summed E-state index contributed by atoms with van der Waals surface area (Å²) < 4.78 is 1.24. The summed E-state index contributed by atoms with van der Waals surface area (Å²) in [5.74, 6) is 0. The molecule has 14 heavy (non-hydrogen) atoms. The Kier molecular flexibility index (Phi) is 4.24. The van der Waals surface area contributed by atoms with Crippen molar-refractivity contribution in [2.24, 2.45) is 5.41 Å². The largest absolute Gasteiger partial charge is 0.143 e. The van der Waals surface area contributed by atoms with E-state index in [2.05, 4.69) is 65.6 Å². The van der Waals surface area contributed by atoms with Gasteiger partial charge in [0, 0.05) is 14.2 Å². The molecule has 1 aromatic rings. The second kappa shape index (κ2) is 4.67. The number of hydrogen-bond donors (Lipinski definition) is 0. The van der Waals surface area contributed by atoms with Crippen molar-refractivity contribution in [1.82, 2.24) is 0 Å². The molecule has 0 radical (unpaired) electrons. The van der Waals surface area contributed by atoms with Crippen LogP contribution in [0.1, 0.15) is 41.8 Å². The van der Waals surface area contributed by atoms with Crippen molar-refractivity contribution >= 4 is 43.2 Å². The molecular formula is C11H16Br2S. The van der Waals surface area contributed by atoms with Crippen LogP contribution in [0.15, 0.2) is 10.5 Å². The molecule has 0 aliphatic heterocycles. The van der Waals surface area contributed by atoms with Crippen LogP contribution in [0.5, 0.6) is 0 Å². The van der Waals surface area contributed by atoms with Crippen molar-refractivity contribution in [3.05, 3.63) is 20.3 Å². The lowest BCUT2D eigenvalue weighted by atomic mass is 9.86. The summed E-state index contributed by atoms with van der Waals surface area (Å²) >= 11 is 9.30. The van der Waals surface area contributed by atoms with E-state index < -0.39 is 0 Å². The lowest BCUT2D eigenvalue weighted by Gasteiger charge is -2.28. The van der Waals surface area contributed by atoms with Gasteiger partial charge in [0.2, 0.25) is 0 Å². The highest BCUT2D eigenvalue weighted by atomic mass is 79.9. The van der Waals surface area contributed by atoms with Crippen molar-refractivity contribution in [3.63, 3.8) is 0 Å². The summed E-state index contributed by atoms with van der Waals surface area (Å²) in [5.41, 5.74) is 0.305. The number of alkyl halides is 1. The first kappa shape index (κ1) is 12.7. The Morgan fingerprint density at radius 3 is 2.43 bits per heavy atom. The summed E-state index contributed by atoms with van der Waals surface area (Å²) in [6.45, 7) is 8.99. The minimum Gasteiger partial charge on any atom is -0.143 e. The highest BCUT2D eigenvalue weighted by molar-refractivity contribution is 9.11.